The molecule has 0 radical (unpaired) electrons. The van der Waals surface area contributed by atoms with Gasteiger partial charge >= 0.3 is 6.16 Å². The maximum absolute atomic E-state index is 11.6. The van der Waals surface area contributed by atoms with Gasteiger partial charge in [0, 0.05) is 5.56 Å². The Morgan fingerprint density at radius 1 is 0.909 bits per heavy atom. The maximum Gasteiger partial charge on any atom is 0.514 e. The number of carbonyl (C=O) groups is 2. The molecular weight excluding hydrogens is 280 g/mol. The van der Waals surface area contributed by atoms with Crippen LogP contribution in [0, 0.1) is 0 Å². The van der Waals surface area contributed by atoms with E-state index in [1.54, 1.807) is 45.0 Å². The highest BCUT2D eigenvalue weighted by molar-refractivity contribution is 5.77. The molecule has 22 heavy (non-hydrogen) atoms. The fourth-order valence-electron chi connectivity index (χ4n) is 1.84. The van der Waals surface area contributed by atoms with Gasteiger partial charge in [-0.3, -0.25) is 4.79 Å². The molecule has 0 fully saturated rings. The second kappa shape index (κ2) is 6.43. The largest absolute Gasteiger partial charge is 0.514 e. The van der Waals surface area contributed by atoms with Crippen LogP contribution < -0.4 is 4.74 Å². The zero-order chi connectivity index (χ0) is 16.2. The van der Waals surface area contributed by atoms with Crippen LogP contribution in [-0.2, 0) is 4.74 Å². The lowest BCUT2D eigenvalue weighted by atomic mass is 10.0. The Bertz CT molecular complexity index is 649. The van der Waals surface area contributed by atoms with E-state index in [0.29, 0.717) is 11.3 Å². The van der Waals surface area contributed by atoms with Gasteiger partial charge in [0.15, 0.2) is 0 Å². The summed E-state index contributed by atoms with van der Waals surface area (Å²) in [5, 5.41) is 0. The second-order valence-corrected chi connectivity index (χ2v) is 5.83. The molecule has 0 N–H and O–H groups in total. The summed E-state index contributed by atoms with van der Waals surface area (Å²) in [7, 11) is 0. The fourth-order valence-corrected chi connectivity index (χ4v) is 1.84. The number of hydrogen-bond acceptors (Lipinski definition) is 4. The van der Waals surface area contributed by atoms with E-state index in [1.165, 1.54) is 0 Å². The third-order valence-electron chi connectivity index (χ3n) is 2.83. The summed E-state index contributed by atoms with van der Waals surface area (Å²) < 4.78 is 10.2. The normalized spacial score (nSPS) is 10.9. The summed E-state index contributed by atoms with van der Waals surface area (Å²) in [6.07, 6.45) is 0.0808. The minimum atomic E-state index is -0.726. The molecule has 0 spiro atoms. The van der Waals surface area contributed by atoms with E-state index in [9.17, 15) is 9.59 Å². The molecule has 0 bridgehead atoms. The molecule has 0 amide bonds. The molecule has 2 aromatic carbocycles. The van der Waals surface area contributed by atoms with E-state index >= 15 is 0 Å². The quantitative estimate of drug-likeness (QED) is 0.476. The molecule has 0 saturated carbocycles. The zero-order valence-corrected chi connectivity index (χ0v) is 12.8. The second-order valence-electron chi connectivity index (χ2n) is 5.83. The van der Waals surface area contributed by atoms with Crippen LogP contribution in [-0.4, -0.2) is 18.0 Å². The molecule has 2 rings (SSSR count). The van der Waals surface area contributed by atoms with Gasteiger partial charge in [-0.05, 0) is 44.0 Å². The minimum absolute atomic E-state index is 0.419. The Hall–Kier alpha value is -2.62. The van der Waals surface area contributed by atoms with Crippen molar-refractivity contribution in [2.45, 2.75) is 26.4 Å². The lowest BCUT2D eigenvalue weighted by molar-refractivity contribution is 0.0206. The van der Waals surface area contributed by atoms with Crippen LogP contribution in [0.2, 0.25) is 0 Å². The minimum Gasteiger partial charge on any atom is -0.428 e. The van der Waals surface area contributed by atoms with Gasteiger partial charge < -0.3 is 9.47 Å². The first-order valence-electron chi connectivity index (χ1n) is 6.94. The predicted octanol–water partition coefficient (Wildman–Crippen LogP) is 4.48. The Kier molecular flexibility index (Phi) is 4.61. The van der Waals surface area contributed by atoms with Gasteiger partial charge in [0.2, 0.25) is 0 Å². The van der Waals surface area contributed by atoms with E-state index in [4.69, 9.17) is 9.47 Å². The van der Waals surface area contributed by atoms with Crippen molar-refractivity contribution >= 4 is 12.4 Å². The van der Waals surface area contributed by atoms with Gasteiger partial charge in [0.1, 0.15) is 17.6 Å². The molecule has 0 atom stereocenters. The van der Waals surface area contributed by atoms with Gasteiger partial charge in [0.25, 0.3) is 0 Å². The fraction of sp³-hybridized carbons (Fsp3) is 0.222. The molecule has 0 aliphatic heterocycles. The monoisotopic (exact) mass is 298 g/mol. The Morgan fingerprint density at radius 2 is 1.41 bits per heavy atom. The molecule has 2 aromatic rings. The third kappa shape index (κ3) is 4.45. The summed E-state index contributed by atoms with van der Waals surface area (Å²) in [5.74, 6) is 0.419. The van der Waals surface area contributed by atoms with Crippen LogP contribution in [0.4, 0.5) is 4.79 Å². The van der Waals surface area contributed by atoms with Crippen LogP contribution in [0.25, 0.3) is 11.1 Å². The summed E-state index contributed by atoms with van der Waals surface area (Å²) in [6.45, 7) is 5.33. The molecule has 114 valence electrons. The van der Waals surface area contributed by atoms with Crippen molar-refractivity contribution in [3.8, 4) is 16.9 Å². The van der Waals surface area contributed by atoms with E-state index in [0.717, 1.165) is 17.4 Å². The van der Waals surface area contributed by atoms with Gasteiger partial charge in [-0.2, -0.15) is 0 Å². The smallest absolute Gasteiger partial charge is 0.428 e. The van der Waals surface area contributed by atoms with E-state index in [2.05, 4.69) is 0 Å². The topological polar surface area (TPSA) is 52.6 Å². The van der Waals surface area contributed by atoms with Crippen molar-refractivity contribution in [2.24, 2.45) is 0 Å². The third-order valence-corrected chi connectivity index (χ3v) is 2.83. The first-order valence-corrected chi connectivity index (χ1v) is 6.94. The van der Waals surface area contributed by atoms with Gasteiger partial charge in [-0.25, -0.2) is 4.79 Å². The van der Waals surface area contributed by atoms with E-state index in [-0.39, 0.29) is 0 Å². The summed E-state index contributed by atoms with van der Waals surface area (Å²) in [5.41, 5.74) is 1.99. The standard InChI is InChI=1S/C18H18O4/c1-18(2,3)22-17(20)21-16-10-8-15(9-11-16)14-6-4-13(12-19)5-7-14/h4-12H,1-3H3. The summed E-state index contributed by atoms with van der Waals surface area (Å²) in [4.78, 5) is 22.2. The van der Waals surface area contributed by atoms with Crippen LogP contribution in [0.15, 0.2) is 48.5 Å². The number of hydrogen-bond donors (Lipinski definition) is 0. The van der Waals surface area contributed by atoms with E-state index < -0.39 is 11.8 Å². The van der Waals surface area contributed by atoms with Crippen molar-refractivity contribution in [1.82, 2.24) is 0 Å². The van der Waals surface area contributed by atoms with E-state index in [1.807, 2.05) is 24.3 Å². The zero-order valence-electron chi connectivity index (χ0n) is 12.8. The van der Waals surface area contributed by atoms with Crippen molar-refractivity contribution in [1.29, 1.82) is 0 Å². The molecule has 0 unspecified atom stereocenters. The van der Waals surface area contributed by atoms with Crippen molar-refractivity contribution in [2.75, 3.05) is 0 Å². The van der Waals surface area contributed by atoms with Crippen molar-refractivity contribution < 1.29 is 19.1 Å². The number of carbonyl (C=O) groups excluding carboxylic acids is 2. The predicted molar refractivity (Wildman–Crippen MR) is 84.1 cm³/mol. The number of benzene rings is 2. The molecule has 0 saturated heterocycles. The molecule has 0 aromatic heterocycles. The molecule has 0 aliphatic rings. The van der Waals surface area contributed by atoms with Crippen LogP contribution in [0.3, 0.4) is 0 Å². The average molecular weight is 298 g/mol. The lowest BCUT2D eigenvalue weighted by Gasteiger charge is -2.18. The summed E-state index contributed by atoms with van der Waals surface area (Å²) >= 11 is 0. The first-order chi connectivity index (χ1) is 10.4. The summed E-state index contributed by atoms with van der Waals surface area (Å²) in [6, 6.07) is 14.3. The maximum atomic E-state index is 11.6. The molecular formula is C18H18O4. The Labute approximate surface area is 129 Å². The molecule has 0 aliphatic carbocycles. The van der Waals surface area contributed by atoms with Gasteiger partial charge in [-0.15, -0.1) is 0 Å². The SMILES string of the molecule is CC(C)(C)OC(=O)Oc1ccc(-c2ccc(C=O)cc2)cc1. The van der Waals surface area contributed by atoms with Crippen molar-refractivity contribution in [3.63, 3.8) is 0 Å². The van der Waals surface area contributed by atoms with Crippen molar-refractivity contribution in [3.05, 3.63) is 54.1 Å². The molecule has 0 heterocycles. The highest BCUT2D eigenvalue weighted by atomic mass is 16.7. The molecule has 4 heteroatoms. The Morgan fingerprint density at radius 3 is 1.86 bits per heavy atom. The van der Waals surface area contributed by atoms with Crippen LogP contribution in [0.1, 0.15) is 31.1 Å². The lowest BCUT2D eigenvalue weighted by Crippen LogP contribution is -2.25. The van der Waals surface area contributed by atoms with Crippen LogP contribution in [0.5, 0.6) is 5.75 Å². The van der Waals surface area contributed by atoms with Gasteiger partial charge in [-0.1, -0.05) is 36.4 Å². The average Bonchev–Trinajstić information content (AvgIpc) is 2.46. The highest BCUT2D eigenvalue weighted by Crippen LogP contribution is 2.23. The first kappa shape index (κ1) is 15.8. The highest BCUT2D eigenvalue weighted by Gasteiger charge is 2.17. The number of aldehydes is 1. The van der Waals surface area contributed by atoms with Crippen LogP contribution >= 0.6 is 0 Å². The number of ether oxygens (including phenoxy) is 2. The molecule has 4 nitrogen and oxygen atoms in total. The number of rotatable bonds is 3. The Balaban J connectivity index is 2.06. The van der Waals surface area contributed by atoms with Gasteiger partial charge in [0.05, 0.1) is 0 Å².